The lowest BCUT2D eigenvalue weighted by Gasteiger charge is -2.30. The number of aromatic nitrogens is 3. The number of guanidine groups is 1. The van der Waals surface area contributed by atoms with Gasteiger partial charge in [0.15, 0.2) is 5.96 Å². The molecule has 3 heterocycles. The molecular weight excluding hydrogens is 1520 g/mol. The fourth-order valence-electron chi connectivity index (χ4n) is 12.6. The number of phenolic OH excluding ortho intramolecular Hbond substituents is 1. The average Bonchev–Trinajstić information content (AvgIpc) is 1.39. The molecule has 27 N–H and O–H groups in total. The van der Waals surface area contributed by atoms with Gasteiger partial charge in [0.2, 0.25) is 76.8 Å². The van der Waals surface area contributed by atoms with Gasteiger partial charge >= 0.3 is 5.97 Å². The van der Waals surface area contributed by atoms with Gasteiger partial charge in [-0.1, -0.05) is 74.5 Å². The molecule has 0 radical (unpaired) electrons. The molecule has 0 saturated carbocycles. The maximum Gasteiger partial charge on any atom is 0.303 e. The molecule has 1 saturated heterocycles. The monoisotopic (exact) mass is 1620 g/mol. The van der Waals surface area contributed by atoms with Crippen molar-refractivity contribution in [2.75, 3.05) is 51.4 Å². The Morgan fingerprint density at radius 2 is 1.13 bits per heavy atom. The number of hydrogen-bond acceptors (Lipinski definition) is 22. The first kappa shape index (κ1) is 92.1. The van der Waals surface area contributed by atoms with E-state index in [-0.39, 0.29) is 100 Å². The van der Waals surface area contributed by atoms with Crippen LogP contribution in [0.3, 0.4) is 0 Å². The number of unbranched alkanes of at least 4 members (excludes halogenated alkanes) is 1. The van der Waals surface area contributed by atoms with Crippen molar-refractivity contribution in [2.45, 2.75) is 176 Å². The summed E-state index contributed by atoms with van der Waals surface area (Å²) in [7, 11) is 0. The molecule has 3 aromatic carbocycles. The van der Waals surface area contributed by atoms with E-state index in [1.807, 2.05) is 0 Å². The van der Waals surface area contributed by atoms with Gasteiger partial charge in [-0.15, -0.1) is 0 Å². The van der Waals surface area contributed by atoms with E-state index in [1.165, 1.54) is 53.5 Å². The molecule has 13 amide bonds. The third-order valence-corrected chi connectivity index (χ3v) is 19.5. The van der Waals surface area contributed by atoms with Crippen molar-refractivity contribution in [3.05, 3.63) is 120 Å². The SMILES string of the molecule is CSCC[C@H](NC(=O)[C@H](CO)NC(=O)[C@H](Cc1ccc(O)cc1)NC(=O)[C@@H](N)CO)C(=O)N[C@@H](CCC(=O)O)C(=O)N[C@@H](Cc1c[nH]cn1)C(=O)N[C@@H](Cc1ccccc1)C(=O)N[C@@H](CCCN=C(N)N)C(=O)N[C@@H](Cc1c[nH]c2ccccc12)C(=O)NCC(=O)N[C@@H](CCCCN)C(=O)N1CCC[C@@H]1C(=O)N[C@H](C(N)=O)C(C)C. The second kappa shape index (κ2) is 47.1. The van der Waals surface area contributed by atoms with Crippen LogP contribution < -0.4 is 87.2 Å². The van der Waals surface area contributed by atoms with Gasteiger partial charge in [0.1, 0.15) is 78.3 Å². The number of nitrogens with two attached hydrogens (primary N) is 5. The van der Waals surface area contributed by atoms with Crippen LogP contribution in [0, 0.1) is 5.92 Å². The number of carboxylic acids is 1. The number of benzene rings is 3. The number of carboxylic acid groups (broad SMARTS) is 1. The predicted octanol–water partition coefficient (Wildman–Crippen LogP) is -4.92. The van der Waals surface area contributed by atoms with E-state index in [0.29, 0.717) is 46.9 Å². The minimum atomic E-state index is -1.79. The molecule has 0 aliphatic carbocycles. The summed E-state index contributed by atoms with van der Waals surface area (Å²) in [6.07, 6.45) is 4.86. The highest BCUT2D eigenvalue weighted by molar-refractivity contribution is 7.98. The fourth-order valence-corrected chi connectivity index (χ4v) is 13.0. The van der Waals surface area contributed by atoms with Crippen molar-refractivity contribution < 1.29 is 87.5 Å². The topological polar surface area (TPSA) is 642 Å². The quantitative estimate of drug-likeness (QED) is 0.00986. The van der Waals surface area contributed by atoms with Gasteiger partial charge in [-0.2, -0.15) is 11.8 Å². The highest BCUT2D eigenvalue weighted by Crippen LogP contribution is 2.23. The number of phenols is 1. The summed E-state index contributed by atoms with van der Waals surface area (Å²) in [5.74, 6) is -13.9. The lowest BCUT2D eigenvalue weighted by molar-refractivity contribution is -0.142. The van der Waals surface area contributed by atoms with Gasteiger partial charge in [-0.25, -0.2) is 4.98 Å². The number of aliphatic carboxylic acids is 1. The maximum atomic E-state index is 15.2. The van der Waals surface area contributed by atoms with Gasteiger partial charge in [0, 0.05) is 68.5 Å². The molecule has 0 spiro atoms. The van der Waals surface area contributed by atoms with Crippen molar-refractivity contribution in [1.29, 1.82) is 0 Å². The summed E-state index contributed by atoms with van der Waals surface area (Å²) in [5, 5.41) is 68.7. The smallest absolute Gasteiger partial charge is 0.303 e. The lowest BCUT2D eigenvalue weighted by atomic mass is 10.0. The molecule has 1 aliphatic heterocycles. The molecular formula is C75H107N21O18S. The number of primary amides is 1. The average molecular weight is 1620 g/mol. The third-order valence-electron chi connectivity index (χ3n) is 18.8. The Morgan fingerprint density at radius 1 is 0.591 bits per heavy atom. The van der Waals surface area contributed by atoms with Crippen LogP contribution in [0.5, 0.6) is 5.75 Å². The standard InChI is InChI=1S/C75H107N21O18S/c1-41(2)62(63(78)103)95-73(113)59-19-12-29-96(59)74(114)53(17-9-10-27-76)86-60(100)37-84-65(105)56(33-44-35-83-49-16-8-7-15-47(44)49)92-66(106)50(18-11-28-82-75(79)80)87-69(109)55(31-42-13-5-4-6-14-42)91-71(111)57(34-45-36-81-40-85-45)93-67(107)51(24-25-61(101)102)88-68(108)52(26-30-115-3)89-72(112)58(39-98)94-70(110)54(90-64(104)48(77)38-97)32-43-20-22-46(99)23-21-43/h4-8,13-16,20-23,35-36,40-41,48,50-59,62,83,97-99H,9-12,17-19,24-34,37-39,76-77H2,1-3H3,(H2,78,103)(H,81,85)(H,84,105)(H,86,100)(H,87,109)(H,88,108)(H,89,112)(H,90,104)(H,91,111)(H,92,106)(H,93,107)(H,94,110)(H,95,113)(H,101,102)(H4,79,80,82)/t48-,50-,51-,52-,53-,54-,55-,56-,57-,58-,59+,62-/m0/s1. The lowest BCUT2D eigenvalue weighted by Crippen LogP contribution is -2.61. The number of likely N-dealkylation sites (tertiary alicyclic amines) is 1. The van der Waals surface area contributed by atoms with Crippen molar-refractivity contribution in [3.8, 4) is 5.75 Å². The highest BCUT2D eigenvalue weighted by atomic mass is 32.2. The molecule has 5 aromatic rings. The third kappa shape index (κ3) is 29.9. The molecule has 2 aromatic heterocycles. The second-order valence-corrected chi connectivity index (χ2v) is 28.9. The maximum absolute atomic E-state index is 15.2. The van der Waals surface area contributed by atoms with Crippen LogP contribution in [0.25, 0.3) is 10.9 Å². The van der Waals surface area contributed by atoms with Crippen LogP contribution in [0.4, 0.5) is 0 Å². The van der Waals surface area contributed by atoms with Gasteiger partial charge in [0.25, 0.3) is 0 Å². The summed E-state index contributed by atoms with van der Waals surface area (Å²) in [6.45, 7) is 1.19. The number of amides is 13. The first-order chi connectivity index (χ1) is 54.9. The van der Waals surface area contributed by atoms with E-state index < -0.39 is 194 Å². The van der Waals surface area contributed by atoms with E-state index >= 15 is 14.4 Å². The number of fused-ring (bicyclic) bond motifs is 1. The molecule has 0 bridgehead atoms. The predicted molar refractivity (Wildman–Crippen MR) is 422 cm³/mol. The van der Waals surface area contributed by atoms with Gasteiger partial charge < -0.3 is 122 Å². The van der Waals surface area contributed by atoms with Gasteiger partial charge in [-0.3, -0.25) is 72.1 Å². The number of aliphatic hydroxyl groups excluding tert-OH is 2. The number of rotatable bonds is 49. The Kier molecular flexibility index (Phi) is 37.7. The molecule has 12 atom stereocenters. The van der Waals surface area contributed by atoms with Crippen LogP contribution in [0.2, 0.25) is 0 Å². The number of aliphatic imine (C=N–C) groups is 1. The second-order valence-electron chi connectivity index (χ2n) is 28.0. The largest absolute Gasteiger partial charge is 0.508 e. The zero-order chi connectivity index (χ0) is 84.3. The normalized spacial score (nSPS) is 15.4. The zero-order valence-electron chi connectivity index (χ0n) is 64.2. The number of imidazole rings is 1. The molecule has 0 unspecified atom stereocenters. The number of carbonyl (C=O) groups excluding carboxylic acids is 13. The Labute approximate surface area is 667 Å². The van der Waals surface area contributed by atoms with Crippen molar-refractivity contribution in [3.63, 3.8) is 0 Å². The number of aliphatic hydroxyl groups is 2. The van der Waals surface area contributed by atoms with Crippen molar-refractivity contribution >= 4 is 111 Å². The number of aromatic amines is 2. The van der Waals surface area contributed by atoms with Crippen LogP contribution in [0.15, 0.2) is 103 Å². The van der Waals surface area contributed by atoms with Gasteiger partial charge in [-0.05, 0) is 117 Å². The van der Waals surface area contributed by atoms with E-state index in [0.717, 1.165) is 0 Å². The molecule has 1 aliphatic rings. The number of para-hydroxylation sites is 1. The zero-order valence-corrected chi connectivity index (χ0v) is 65.0. The van der Waals surface area contributed by atoms with Crippen molar-refractivity contribution in [1.82, 2.24) is 78.3 Å². The molecule has 40 heteroatoms. The summed E-state index contributed by atoms with van der Waals surface area (Å²) in [4.78, 5) is 212. The van der Waals surface area contributed by atoms with Crippen LogP contribution in [-0.4, -0.2) is 253 Å². The molecule has 115 heavy (non-hydrogen) atoms. The first-order valence-electron chi connectivity index (χ1n) is 37.6. The highest BCUT2D eigenvalue weighted by Gasteiger charge is 2.41. The number of nitrogens with zero attached hydrogens (tertiary/aromatic N) is 3. The Hall–Kier alpha value is -11.8. The molecule has 1 fully saturated rings. The first-order valence-corrected chi connectivity index (χ1v) is 39.0. The van der Waals surface area contributed by atoms with Crippen LogP contribution >= 0.6 is 11.8 Å². The number of aromatic hydroxyl groups is 1. The Bertz CT molecular complexity index is 4130. The van der Waals surface area contributed by atoms with E-state index in [2.05, 4.69) is 78.4 Å². The van der Waals surface area contributed by atoms with E-state index in [4.69, 9.17) is 28.7 Å². The number of H-pyrrole nitrogens is 2. The molecule has 6 rings (SSSR count). The summed E-state index contributed by atoms with van der Waals surface area (Å²) >= 11 is 1.24. The van der Waals surface area contributed by atoms with E-state index in [1.54, 1.807) is 80.9 Å². The van der Waals surface area contributed by atoms with Crippen molar-refractivity contribution in [2.24, 2.45) is 39.6 Å². The molecule has 626 valence electrons. The summed E-state index contributed by atoms with van der Waals surface area (Å²) in [5.41, 5.74) is 30.7. The minimum absolute atomic E-state index is 0.0322. The summed E-state index contributed by atoms with van der Waals surface area (Å²) < 4.78 is 0. The number of hydrogen-bond donors (Lipinski definition) is 22. The molecule has 39 nitrogen and oxygen atoms in total. The van der Waals surface area contributed by atoms with Crippen LogP contribution in [0.1, 0.15) is 100 Å². The number of nitrogens with one attached hydrogen (secondary N) is 13. The Balaban J connectivity index is 1.25. The number of thioether (sulfide) groups is 1. The Morgan fingerprint density at radius 3 is 1.70 bits per heavy atom. The van der Waals surface area contributed by atoms with Gasteiger partial charge in [0.05, 0.1) is 31.8 Å². The summed E-state index contributed by atoms with van der Waals surface area (Å²) in [6, 6.07) is 3.33. The minimum Gasteiger partial charge on any atom is -0.508 e. The number of carbonyl (C=O) groups is 14. The van der Waals surface area contributed by atoms with E-state index in [9.17, 15) is 73.2 Å². The fraction of sp³-hybridized carbons (Fsp3) is 0.493. The van der Waals surface area contributed by atoms with Crippen LogP contribution in [-0.2, 0) is 92.8 Å².